The van der Waals surface area contributed by atoms with E-state index >= 15 is 0 Å². The van der Waals surface area contributed by atoms with Gasteiger partial charge in [-0.2, -0.15) is 0 Å². The Morgan fingerprint density at radius 1 is 1.24 bits per heavy atom. The van der Waals surface area contributed by atoms with Gasteiger partial charge in [0.05, 0.1) is 5.56 Å². The van der Waals surface area contributed by atoms with E-state index in [2.05, 4.69) is 11.8 Å². The summed E-state index contributed by atoms with van der Waals surface area (Å²) in [6, 6.07) is 5.63. The van der Waals surface area contributed by atoms with Crippen LogP contribution in [0.3, 0.4) is 0 Å². The first-order chi connectivity index (χ1) is 9.77. The molecule has 1 atom stereocenters. The zero-order valence-corrected chi connectivity index (χ0v) is 14.1. The first kappa shape index (κ1) is 17.3. The molecule has 0 spiro atoms. The van der Waals surface area contributed by atoms with Gasteiger partial charge in [-0.15, -0.1) is 0 Å². The number of anilines is 2. The molecule has 0 aliphatic rings. The van der Waals surface area contributed by atoms with Crippen LogP contribution in [0, 0.1) is 0 Å². The smallest absolute Gasteiger partial charge is 0.256 e. The van der Waals surface area contributed by atoms with Crippen molar-refractivity contribution in [3.63, 3.8) is 0 Å². The monoisotopic (exact) mass is 292 g/mol. The number of benzene rings is 1. The summed E-state index contributed by atoms with van der Waals surface area (Å²) in [6.07, 6.45) is 0. The minimum absolute atomic E-state index is 0.0304. The van der Waals surface area contributed by atoms with Crippen LogP contribution in [0.15, 0.2) is 18.2 Å². The van der Waals surface area contributed by atoms with Gasteiger partial charge < -0.3 is 20.4 Å². The molecule has 0 aliphatic carbocycles. The fourth-order valence-corrected chi connectivity index (χ4v) is 2.55. The summed E-state index contributed by atoms with van der Waals surface area (Å²) < 4.78 is 0. The molecular weight excluding hydrogens is 264 g/mol. The molecule has 0 saturated carbocycles. The highest BCUT2D eigenvalue weighted by atomic mass is 16.2. The molecule has 1 unspecified atom stereocenters. The van der Waals surface area contributed by atoms with E-state index in [1.165, 1.54) is 0 Å². The van der Waals surface area contributed by atoms with Crippen molar-refractivity contribution in [3.8, 4) is 0 Å². The second kappa shape index (κ2) is 7.31. The lowest BCUT2D eigenvalue weighted by Gasteiger charge is -2.31. The number of amides is 1. The van der Waals surface area contributed by atoms with Crippen LogP contribution in [0.4, 0.5) is 11.4 Å². The molecule has 5 nitrogen and oxygen atoms in total. The van der Waals surface area contributed by atoms with Gasteiger partial charge >= 0.3 is 0 Å². The minimum Gasteiger partial charge on any atom is -0.399 e. The maximum Gasteiger partial charge on any atom is 0.256 e. The van der Waals surface area contributed by atoms with E-state index in [9.17, 15) is 4.79 Å². The van der Waals surface area contributed by atoms with Crippen LogP contribution in [0.5, 0.6) is 0 Å². The van der Waals surface area contributed by atoms with Crippen molar-refractivity contribution < 1.29 is 4.79 Å². The Labute approximate surface area is 128 Å². The maximum absolute atomic E-state index is 12.9. The molecule has 21 heavy (non-hydrogen) atoms. The third-order valence-electron chi connectivity index (χ3n) is 3.50. The lowest BCUT2D eigenvalue weighted by atomic mass is 10.1. The topological polar surface area (TPSA) is 52.8 Å². The highest BCUT2D eigenvalue weighted by molar-refractivity contribution is 6.00. The van der Waals surface area contributed by atoms with Crippen LogP contribution in [-0.2, 0) is 0 Å². The largest absolute Gasteiger partial charge is 0.399 e. The van der Waals surface area contributed by atoms with Gasteiger partial charge in [0.1, 0.15) is 0 Å². The predicted molar refractivity (Wildman–Crippen MR) is 89.9 cm³/mol. The molecule has 0 aliphatic heterocycles. The molecule has 0 fully saturated rings. The molecule has 1 amide bonds. The lowest BCUT2D eigenvalue weighted by Crippen LogP contribution is -2.44. The molecule has 0 heterocycles. The van der Waals surface area contributed by atoms with Crippen molar-refractivity contribution in [1.29, 1.82) is 0 Å². The van der Waals surface area contributed by atoms with E-state index in [-0.39, 0.29) is 11.9 Å². The van der Waals surface area contributed by atoms with Gasteiger partial charge in [0.15, 0.2) is 0 Å². The average molecular weight is 292 g/mol. The number of carbonyl (C=O) groups is 1. The van der Waals surface area contributed by atoms with Crippen LogP contribution in [0.1, 0.15) is 24.2 Å². The third-order valence-corrected chi connectivity index (χ3v) is 3.50. The predicted octanol–water partition coefficient (Wildman–Crippen LogP) is 1.75. The zero-order valence-electron chi connectivity index (χ0n) is 14.1. The minimum atomic E-state index is 0.0304. The number of nitrogens with two attached hydrogens (primary N) is 1. The zero-order chi connectivity index (χ0) is 16.2. The summed E-state index contributed by atoms with van der Waals surface area (Å²) in [5.74, 6) is 0.0304. The number of likely N-dealkylation sites (N-methyl/N-ethyl adjacent to an activating group) is 2. The number of hydrogen-bond donors (Lipinski definition) is 1. The van der Waals surface area contributed by atoms with Gasteiger partial charge in [-0.3, -0.25) is 4.79 Å². The fourth-order valence-electron chi connectivity index (χ4n) is 2.55. The Hall–Kier alpha value is -1.75. The van der Waals surface area contributed by atoms with Crippen molar-refractivity contribution in [2.24, 2.45) is 0 Å². The first-order valence-corrected chi connectivity index (χ1v) is 7.30. The van der Waals surface area contributed by atoms with Crippen molar-refractivity contribution in [1.82, 2.24) is 9.80 Å². The Morgan fingerprint density at radius 2 is 1.86 bits per heavy atom. The summed E-state index contributed by atoms with van der Waals surface area (Å²) in [4.78, 5) is 18.8. The Morgan fingerprint density at radius 3 is 2.33 bits per heavy atom. The van der Waals surface area contributed by atoms with Crippen molar-refractivity contribution in [3.05, 3.63) is 23.8 Å². The summed E-state index contributed by atoms with van der Waals surface area (Å²) in [5, 5.41) is 0. The Balaban J connectivity index is 3.13. The van der Waals surface area contributed by atoms with Gasteiger partial charge in [0.25, 0.3) is 5.91 Å². The van der Waals surface area contributed by atoms with Crippen molar-refractivity contribution in [2.75, 3.05) is 51.9 Å². The molecule has 1 rings (SSSR count). The van der Waals surface area contributed by atoms with E-state index in [4.69, 9.17) is 5.73 Å². The molecule has 2 N–H and O–H groups in total. The van der Waals surface area contributed by atoms with Gasteiger partial charge in [-0.05, 0) is 46.1 Å². The summed E-state index contributed by atoms with van der Waals surface area (Å²) in [6.45, 7) is 5.59. The summed E-state index contributed by atoms with van der Waals surface area (Å²) in [7, 11) is 7.89. The summed E-state index contributed by atoms with van der Waals surface area (Å²) in [5.41, 5.74) is 8.03. The van der Waals surface area contributed by atoms with Crippen LogP contribution < -0.4 is 10.6 Å². The standard InChI is InChI=1S/C16H28N4O/c1-7-20(12(2)11-18(3)4)16(21)14-10-13(17)8-9-15(14)19(5)6/h8-10,12H,7,11,17H2,1-6H3. The van der Waals surface area contributed by atoms with E-state index < -0.39 is 0 Å². The highest BCUT2D eigenvalue weighted by Gasteiger charge is 2.23. The van der Waals surface area contributed by atoms with Gasteiger partial charge in [0, 0.05) is 44.6 Å². The number of rotatable bonds is 6. The van der Waals surface area contributed by atoms with E-state index in [1.54, 1.807) is 6.07 Å². The lowest BCUT2D eigenvalue weighted by molar-refractivity contribution is 0.0680. The Kier molecular flexibility index (Phi) is 6.03. The Bertz CT molecular complexity index is 485. The van der Waals surface area contributed by atoms with Crippen LogP contribution in [0.2, 0.25) is 0 Å². The van der Waals surface area contributed by atoms with E-state index in [0.29, 0.717) is 17.8 Å². The highest BCUT2D eigenvalue weighted by Crippen LogP contribution is 2.23. The molecule has 0 saturated heterocycles. The fraction of sp³-hybridized carbons (Fsp3) is 0.562. The molecule has 1 aromatic carbocycles. The molecular formula is C16H28N4O. The third kappa shape index (κ3) is 4.36. The van der Waals surface area contributed by atoms with Crippen LogP contribution in [0.25, 0.3) is 0 Å². The molecule has 0 aromatic heterocycles. The molecule has 5 heteroatoms. The van der Waals surface area contributed by atoms with Gasteiger partial charge in [-0.1, -0.05) is 0 Å². The van der Waals surface area contributed by atoms with Crippen LogP contribution >= 0.6 is 0 Å². The quantitative estimate of drug-likeness (QED) is 0.812. The molecule has 0 bridgehead atoms. The number of nitrogen functional groups attached to an aromatic ring is 1. The molecule has 118 valence electrons. The van der Waals surface area contributed by atoms with Crippen molar-refractivity contribution in [2.45, 2.75) is 19.9 Å². The number of carbonyl (C=O) groups excluding carboxylic acids is 1. The summed E-state index contributed by atoms with van der Waals surface area (Å²) >= 11 is 0. The maximum atomic E-state index is 12.9. The van der Waals surface area contributed by atoms with Crippen LogP contribution in [-0.4, -0.2) is 63.0 Å². The molecule has 1 aromatic rings. The van der Waals surface area contributed by atoms with E-state index in [1.807, 2.05) is 57.0 Å². The van der Waals surface area contributed by atoms with Crippen molar-refractivity contribution >= 4 is 17.3 Å². The number of nitrogens with zero attached hydrogens (tertiary/aromatic N) is 3. The molecule has 0 radical (unpaired) electrons. The second-order valence-electron chi connectivity index (χ2n) is 5.87. The second-order valence-corrected chi connectivity index (χ2v) is 5.87. The first-order valence-electron chi connectivity index (χ1n) is 7.30. The van der Waals surface area contributed by atoms with E-state index in [0.717, 1.165) is 12.2 Å². The van der Waals surface area contributed by atoms with Gasteiger partial charge in [0.2, 0.25) is 0 Å². The van der Waals surface area contributed by atoms with Gasteiger partial charge in [-0.25, -0.2) is 0 Å². The normalized spacial score (nSPS) is 12.3. The number of hydrogen-bond acceptors (Lipinski definition) is 4. The average Bonchev–Trinajstić information content (AvgIpc) is 2.37. The SMILES string of the molecule is CCN(C(=O)c1cc(N)ccc1N(C)C)C(C)CN(C)C.